The van der Waals surface area contributed by atoms with Gasteiger partial charge in [0, 0.05) is 30.1 Å². The lowest BCUT2D eigenvalue weighted by Gasteiger charge is -2.29. The molecular weight excluding hydrogens is 456 g/mol. The average molecular weight is 487 g/mol. The highest BCUT2D eigenvalue weighted by molar-refractivity contribution is 6.12. The van der Waals surface area contributed by atoms with Gasteiger partial charge in [-0.25, -0.2) is 0 Å². The zero-order chi connectivity index (χ0) is 25.4. The minimum absolute atomic E-state index is 0.106. The Bertz CT molecular complexity index is 1520. The van der Waals surface area contributed by atoms with Crippen molar-refractivity contribution in [3.8, 4) is 5.75 Å². The first kappa shape index (κ1) is 23.8. The molecule has 186 valence electrons. The standard InChI is InChI=1S/C28H30N4O4/c1-31-24-18-12-6-9-15-21(18)32(16-22(33)17-10-4-3-5-11-17)28(35)23(24)26(36-2)25(31)27(34)30-20-14-8-7-13-19(20)29/h3-6,9-12,15,19-20H,7-8,13-14,16,29H2,1-2H3,(H,30,34). The Morgan fingerprint density at radius 1 is 1.06 bits per heavy atom. The third-order valence-electron chi connectivity index (χ3n) is 7.21. The molecule has 4 aromatic rings. The van der Waals surface area contributed by atoms with E-state index in [1.807, 2.05) is 30.3 Å². The number of amides is 1. The number of fused-ring (bicyclic) bond motifs is 3. The number of pyridine rings is 1. The zero-order valence-electron chi connectivity index (χ0n) is 20.5. The molecule has 0 spiro atoms. The number of nitrogens with one attached hydrogen (secondary N) is 1. The molecule has 1 amide bonds. The number of carbonyl (C=O) groups is 2. The number of rotatable bonds is 6. The number of methoxy groups -OCH3 is 1. The van der Waals surface area contributed by atoms with Crippen molar-refractivity contribution in [3.05, 3.63) is 76.2 Å². The molecule has 0 radical (unpaired) electrons. The van der Waals surface area contributed by atoms with Crippen LogP contribution in [0.2, 0.25) is 0 Å². The van der Waals surface area contributed by atoms with E-state index in [1.54, 1.807) is 35.9 Å². The average Bonchev–Trinajstić information content (AvgIpc) is 3.20. The summed E-state index contributed by atoms with van der Waals surface area (Å²) in [5, 5.41) is 4.10. The molecule has 2 aromatic carbocycles. The Kier molecular flexibility index (Phi) is 6.36. The number of para-hydroxylation sites is 1. The molecule has 2 aromatic heterocycles. The summed E-state index contributed by atoms with van der Waals surface area (Å²) in [4.78, 5) is 40.4. The minimum Gasteiger partial charge on any atom is -0.493 e. The van der Waals surface area contributed by atoms with E-state index in [-0.39, 0.29) is 52.7 Å². The van der Waals surface area contributed by atoms with Gasteiger partial charge in [-0.2, -0.15) is 0 Å². The van der Waals surface area contributed by atoms with Crippen LogP contribution >= 0.6 is 0 Å². The van der Waals surface area contributed by atoms with E-state index in [4.69, 9.17) is 10.5 Å². The fourth-order valence-corrected chi connectivity index (χ4v) is 5.37. The van der Waals surface area contributed by atoms with Crippen molar-refractivity contribution in [2.75, 3.05) is 7.11 Å². The molecule has 2 heterocycles. The van der Waals surface area contributed by atoms with Gasteiger partial charge < -0.3 is 20.4 Å². The smallest absolute Gasteiger partial charge is 0.272 e. The van der Waals surface area contributed by atoms with E-state index in [1.165, 1.54) is 11.7 Å². The Morgan fingerprint density at radius 2 is 1.75 bits per heavy atom. The number of Topliss-reactive ketones (excluding diaryl/α,β-unsaturated/α-hetero) is 1. The number of ketones is 1. The number of nitrogens with zero attached hydrogens (tertiary/aromatic N) is 2. The lowest BCUT2D eigenvalue weighted by molar-refractivity contribution is 0.0909. The van der Waals surface area contributed by atoms with E-state index < -0.39 is 0 Å². The van der Waals surface area contributed by atoms with Gasteiger partial charge in [0.1, 0.15) is 5.39 Å². The van der Waals surface area contributed by atoms with Gasteiger partial charge in [-0.1, -0.05) is 61.4 Å². The summed E-state index contributed by atoms with van der Waals surface area (Å²) < 4.78 is 8.86. The van der Waals surface area contributed by atoms with Gasteiger partial charge in [0.25, 0.3) is 11.5 Å². The molecular formula is C28H30N4O4. The van der Waals surface area contributed by atoms with E-state index in [2.05, 4.69) is 5.32 Å². The van der Waals surface area contributed by atoms with E-state index in [0.717, 1.165) is 31.1 Å². The summed E-state index contributed by atoms with van der Waals surface area (Å²) in [5.41, 5.74) is 7.88. The van der Waals surface area contributed by atoms with Crippen LogP contribution in [0.4, 0.5) is 0 Å². The van der Waals surface area contributed by atoms with E-state index in [0.29, 0.717) is 16.6 Å². The maximum atomic E-state index is 13.9. The van der Waals surface area contributed by atoms with Gasteiger partial charge in [0.05, 0.1) is 24.7 Å². The highest BCUT2D eigenvalue weighted by atomic mass is 16.5. The number of aryl methyl sites for hydroxylation is 1. The third-order valence-corrected chi connectivity index (χ3v) is 7.21. The van der Waals surface area contributed by atoms with Crippen molar-refractivity contribution in [1.82, 2.24) is 14.5 Å². The van der Waals surface area contributed by atoms with Gasteiger partial charge in [-0.15, -0.1) is 0 Å². The van der Waals surface area contributed by atoms with Gasteiger partial charge >= 0.3 is 0 Å². The predicted molar refractivity (Wildman–Crippen MR) is 140 cm³/mol. The maximum absolute atomic E-state index is 13.9. The second kappa shape index (κ2) is 9.62. The van der Waals surface area contributed by atoms with Crippen molar-refractivity contribution >= 4 is 33.5 Å². The Labute approximate surface area is 208 Å². The van der Waals surface area contributed by atoms with Crippen molar-refractivity contribution in [3.63, 3.8) is 0 Å². The maximum Gasteiger partial charge on any atom is 0.272 e. The van der Waals surface area contributed by atoms with E-state index >= 15 is 0 Å². The summed E-state index contributed by atoms with van der Waals surface area (Å²) >= 11 is 0. The topological polar surface area (TPSA) is 108 Å². The first-order chi connectivity index (χ1) is 17.4. The number of hydrogen-bond acceptors (Lipinski definition) is 5. The number of carbonyl (C=O) groups excluding carboxylic acids is 2. The number of aromatic nitrogens is 2. The van der Waals surface area contributed by atoms with Crippen molar-refractivity contribution in [2.45, 2.75) is 44.3 Å². The van der Waals surface area contributed by atoms with Gasteiger partial charge in [-0.05, 0) is 18.9 Å². The summed E-state index contributed by atoms with van der Waals surface area (Å²) in [6, 6.07) is 16.0. The van der Waals surface area contributed by atoms with Crippen molar-refractivity contribution in [1.29, 1.82) is 0 Å². The third kappa shape index (κ3) is 3.97. The van der Waals surface area contributed by atoms with Crippen LogP contribution in [0.3, 0.4) is 0 Å². The SMILES string of the molecule is COc1c(C(=O)NC2CCCCC2N)n(C)c2c1c(=O)n(CC(=O)c1ccccc1)c1ccccc21. The lowest BCUT2D eigenvalue weighted by atomic mass is 9.91. The van der Waals surface area contributed by atoms with Crippen LogP contribution in [0.15, 0.2) is 59.4 Å². The van der Waals surface area contributed by atoms with E-state index in [9.17, 15) is 14.4 Å². The number of nitrogens with two attached hydrogens (primary N) is 1. The molecule has 3 N–H and O–H groups in total. The molecule has 1 aliphatic carbocycles. The largest absolute Gasteiger partial charge is 0.493 e. The monoisotopic (exact) mass is 486 g/mol. The Balaban J connectivity index is 1.68. The molecule has 0 aliphatic heterocycles. The highest BCUT2D eigenvalue weighted by Crippen LogP contribution is 2.35. The Hall–Kier alpha value is -3.91. The molecule has 8 heteroatoms. The lowest BCUT2D eigenvalue weighted by Crippen LogP contribution is -2.49. The number of hydrogen-bond donors (Lipinski definition) is 2. The summed E-state index contributed by atoms with van der Waals surface area (Å²) in [6.07, 6.45) is 3.74. The van der Waals surface area contributed by atoms with Crippen LogP contribution in [-0.2, 0) is 13.6 Å². The first-order valence-corrected chi connectivity index (χ1v) is 12.2. The molecule has 2 unspecified atom stereocenters. The first-order valence-electron chi connectivity index (χ1n) is 12.2. The van der Waals surface area contributed by atoms with Gasteiger partial charge in [-0.3, -0.25) is 19.0 Å². The quantitative estimate of drug-likeness (QED) is 0.406. The molecule has 1 aliphatic rings. The fraction of sp³-hybridized carbons (Fsp3) is 0.321. The summed E-state index contributed by atoms with van der Waals surface area (Å²) in [5.74, 6) is -0.310. The second-order valence-corrected chi connectivity index (χ2v) is 9.39. The predicted octanol–water partition coefficient (Wildman–Crippen LogP) is 3.38. The molecule has 1 fully saturated rings. The minimum atomic E-state index is -0.381. The molecule has 8 nitrogen and oxygen atoms in total. The van der Waals surface area contributed by atoms with Crippen LogP contribution in [0, 0.1) is 0 Å². The fourth-order valence-electron chi connectivity index (χ4n) is 5.37. The summed E-state index contributed by atoms with van der Waals surface area (Å²) in [7, 11) is 3.21. The molecule has 5 rings (SSSR count). The molecule has 0 saturated heterocycles. The van der Waals surface area contributed by atoms with Crippen molar-refractivity contribution < 1.29 is 14.3 Å². The highest BCUT2D eigenvalue weighted by Gasteiger charge is 2.30. The van der Waals surface area contributed by atoms with Gasteiger partial charge in [0.2, 0.25) is 0 Å². The van der Waals surface area contributed by atoms with Crippen LogP contribution in [0.5, 0.6) is 5.75 Å². The van der Waals surface area contributed by atoms with Crippen LogP contribution < -0.4 is 21.3 Å². The van der Waals surface area contributed by atoms with Crippen molar-refractivity contribution in [2.24, 2.45) is 12.8 Å². The molecule has 1 saturated carbocycles. The number of benzene rings is 2. The van der Waals surface area contributed by atoms with Crippen LogP contribution in [0.1, 0.15) is 46.5 Å². The number of ether oxygens (including phenoxy) is 1. The normalized spacial score (nSPS) is 17.9. The van der Waals surface area contributed by atoms with Crippen LogP contribution in [0.25, 0.3) is 21.8 Å². The summed E-state index contributed by atoms with van der Waals surface area (Å²) in [6.45, 7) is -0.129. The van der Waals surface area contributed by atoms with Crippen LogP contribution in [-0.4, -0.2) is 40.0 Å². The molecule has 2 atom stereocenters. The second-order valence-electron chi connectivity index (χ2n) is 9.39. The zero-order valence-corrected chi connectivity index (χ0v) is 20.5. The Morgan fingerprint density at radius 3 is 2.47 bits per heavy atom. The molecule has 0 bridgehead atoms. The van der Waals surface area contributed by atoms with Gasteiger partial charge in [0.15, 0.2) is 17.2 Å². The molecule has 36 heavy (non-hydrogen) atoms.